The van der Waals surface area contributed by atoms with Gasteiger partial charge in [0.15, 0.2) is 5.75 Å². The minimum Gasteiger partial charge on any atom is -0.379 e. The lowest BCUT2D eigenvalue weighted by molar-refractivity contribution is 0.0411. The monoisotopic (exact) mass is 261 g/mol. The van der Waals surface area contributed by atoms with Gasteiger partial charge < -0.3 is 4.84 Å². The number of nitrogens with zero attached hydrogens (tertiary/aromatic N) is 1. The maximum absolute atomic E-state index is 5.77. The predicted octanol–water partition coefficient (Wildman–Crippen LogP) is 3.45. The zero-order chi connectivity index (χ0) is 12.5. The molecule has 0 N–H and O–H groups in total. The molecule has 18 heavy (non-hydrogen) atoms. The fourth-order valence-corrected chi connectivity index (χ4v) is 3.06. The summed E-state index contributed by atoms with van der Waals surface area (Å²) >= 11 is 5.31. The van der Waals surface area contributed by atoms with Gasteiger partial charge in [-0.25, -0.2) is 5.06 Å². The Bertz CT molecular complexity index is 484. The first-order valence-electron chi connectivity index (χ1n) is 6.83. The quantitative estimate of drug-likeness (QED) is 0.664. The highest BCUT2D eigenvalue weighted by Crippen LogP contribution is 2.31. The molecule has 0 saturated heterocycles. The number of fused-ring (bicyclic) bond motifs is 2. The minimum absolute atomic E-state index is 0.842. The Kier molecular flexibility index (Phi) is 3.25. The molecule has 0 spiro atoms. The second kappa shape index (κ2) is 4.88. The Labute approximate surface area is 114 Å². The Morgan fingerprint density at radius 3 is 2.39 bits per heavy atom. The molecule has 3 heteroatoms. The van der Waals surface area contributed by atoms with Crippen LogP contribution in [0.1, 0.15) is 42.4 Å². The maximum atomic E-state index is 5.77. The van der Waals surface area contributed by atoms with Crippen LogP contribution in [0.2, 0.25) is 0 Å². The van der Waals surface area contributed by atoms with E-state index in [1.807, 2.05) is 7.05 Å². The molecular formula is C15H19NOS. The largest absolute Gasteiger partial charge is 0.379 e. The Hall–Kier alpha value is -1.09. The van der Waals surface area contributed by atoms with Crippen molar-refractivity contribution >= 4 is 17.2 Å². The zero-order valence-corrected chi connectivity index (χ0v) is 11.7. The van der Waals surface area contributed by atoms with Crippen LogP contribution in [-0.4, -0.2) is 17.1 Å². The van der Waals surface area contributed by atoms with Gasteiger partial charge in [-0.1, -0.05) is 31.1 Å². The topological polar surface area (TPSA) is 12.5 Å². The molecule has 0 unspecified atom stereocenters. The molecule has 1 aliphatic carbocycles. The molecule has 2 aliphatic rings. The van der Waals surface area contributed by atoms with Crippen molar-refractivity contribution in [3.05, 3.63) is 28.8 Å². The smallest absolute Gasteiger partial charge is 0.159 e. The average Bonchev–Trinajstić information content (AvgIpc) is 2.32. The zero-order valence-electron chi connectivity index (χ0n) is 10.9. The molecule has 2 nitrogen and oxygen atoms in total. The molecule has 0 radical (unpaired) electrons. The van der Waals surface area contributed by atoms with Crippen LogP contribution in [0.5, 0.6) is 5.75 Å². The van der Waals surface area contributed by atoms with Gasteiger partial charge in [0.25, 0.3) is 0 Å². The summed E-state index contributed by atoms with van der Waals surface area (Å²) in [4.78, 5) is 6.64. The number of benzene rings is 1. The molecule has 0 aromatic heterocycles. The summed E-state index contributed by atoms with van der Waals surface area (Å²) in [5, 5.41) is 1.72. The van der Waals surface area contributed by atoms with Crippen LogP contribution in [0.15, 0.2) is 12.1 Å². The van der Waals surface area contributed by atoms with Gasteiger partial charge in [0, 0.05) is 19.0 Å². The van der Waals surface area contributed by atoms with E-state index in [0.29, 0.717) is 0 Å². The average molecular weight is 261 g/mol. The normalized spacial score (nSPS) is 19.4. The molecule has 0 saturated carbocycles. The molecule has 1 aromatic rings. The number of likely N-dealkylation sites (N-methyl/N-ethyl adjacent to an activating group) is 1. The second-order valence-corrected chi connectivity index (χ2v) is 5.77. The summed E-state index contributed by atoms with van der Waals surface area (Å²) in [7, 11) is 1.89. The van der Waals surface area contributed by atoms with Gasteiger partial charge in [0.2, 0.25) is 0 Å². The SMILES string of the molecule is CN1Oc2cc3c(cc2CC1=S)CCCCCC3. The van der Waals surface area contributed by atoms with Gasteiger partial charge in [-0.05, 0) is 42.9 Å². The molecule has 3 rings (SSSR count). The summed E-state index contributed by atoms with van der Waals surface area (Å²) < 4.78 is 0. The summed E-state index contributed by atoms with van der Waals surface area (Å²) in [6, 6.07) is 4.57. The summed E-state index contributed by atoms with van der Waals surface area (Å²) in [5.74, 6) is 1.01. The minimum atomic E-state index is 0.842. The van der Waals surface area contributed by atoms with Gasteiger partial charge in [-0.2, -0.15) is 0 Å². The number of rotatable bonds is 0. The van der Waals surface area contributed by atoms with Crippen molar-refractivity contribution in [2.45, 2.75) is 44.9 Å². The highest BCUT2D eigenvalue weighted by Gasteiger charge is 2.21. The number of thiocarbonyl (C=S) groups is 1. The van der Waals surface area contributed by atoms with Crippen LogP contribution in [-0.2, 0) is 19.3 Å². The van der Waals surface area contributed by atoms with E-state index in [0.717, 1.165) is 17.2 Å². The number of hydroxylamine groups is 2. The van der Waals surface area contributed by atoms with Crippen LogP contribution in [0.25, 0.3) is 0 Å². The van der Waals surface area contributed by atoms with Gasteiger partial charge in [-0.3, -0.25) is 0 Å². The van der Waals surface area contributed by atoms with Crippen LogP contribution in [0.4, 0.5) is 0 Å². The van der Waals surface area contributed by atoms with Crippen LogP contribution >= 0.6 is 12.2 Å². The predicted molar refractivity (Wildman–Crippen MR) is 77.0 cm³/mol. The first kappa shape index (κ1) is 12.0. The van der Waals surface area contributed by atoms with Crippen molar-refractivity contribution in [2.24, 2.45) is 0 Å². The lowest BCUT2D eigenvalue weighted by Crippen LogP contribution is -2.34. The van der Waals surface area contributed by atoms with E-state index < -0.39 is 0 Å². The fourth-order valence-electron chi connectivity index (χ4n) is 2.86. The number of hydrogen-bond donors (Lipinski definition) is 0. The number of hydrogen-bond acceptors (Lipinski definition) is 2. The van der Waals surface area contributed by atoms with E-state index >= 15 is 0 Å². The van der Waals surface area contributed by atoms with Crippen molar-refractivity contribution < 1.29 is 4.84 Å². The molecule has 1 aliphatic heterocycles. The van der Waals surface area contributed by atoms with Crippen molar-refractivity contribution in [1.82, 2.24) is 5.06 Å². The molecule has 1 heterocycles. The Morgan fingerprint density at radius 2 is 1.67 bits per heavy atom. The van der Waals surface area contributed by atoms with Crippen LogP contribution in [0, 0.1) is 0 Å². The van der Waals surface area contributed by atoms with E-state index in [1.54, 1.807) is 5.06 Å². The Balaban J connectivity index is 1.98. The van der Waals surface area contributed by atoms with E-state index in [2.05, 4.69) is 12.1 Å². The molecule has 0 fully saturated rings. The van der Waals surface area contributed by atoms with E-state index in [9.17, 15) is 0 Å². The molecule has 0 amide bonds. The van der Waals surface area contributed by atoms with Crippen LogP contribution in [0.3, 0.4) is 0 Å². The molecule has 0 atom stereocenters. The van der Waals surface area contributed by atoms with Gasteiger partial charge >= 0.3 is 0 Å². The maximum Gasteiger partial charge on any atom is 0.159 e. The highest BCUT2D eigenvalue weighted by atomic mass is 32.1. The van der Waals surface area contributed by atoms with Gasteiger partial charge in [0.1, 0.15) is 4.99 Å². The number of aryl methyl sites for hydroxylation is 2. The fraction of sp³-hybridized carbons (Fsp3) is 0.533. The summed E-state index contributed by atoms with van der Waals surface area (Å²) in [6.07, 6.45) is 8.60. The second-order valence-electron chi connectivity index (χ2n) is 5.30. The lowest BCUT2D eigenvalue weighted by atomic mass is 9.90. The highest BCUT2D eigenvalue weighted by molar-refractivity contribution is 7.80. The third-order valence-electron chi connectivity index (χ3n) is 3.95. The Morgan fingerprint density at radius 1 is 1.00 bits per heavy atom. The molecule has 1 aromatic carbocycles. The van der Waals surface area contributed by atoms with Crippen molar-refractivity contribution in [2.75, 3.05) is 7.05 Å². The van der Waals surface area contributed by atoms with Crippen LogP contribution < -0.4 is 4.84 Å². The summed E-state index contributed by atoms with van der Waals surface area (Å²) in [6.45, 7) is 0. The third kappa shape index (κ3) is 2.24. The van der Waals surface area contributed by atoms with E-state index in [4.69, 9.17) is 17.1 Å². The summed E-state index contributed by atoms with van der Waals surface area (Å²) in [5.41, 5.74) is 4.26. The molecule has 96 valence electrons. The molecule has 0 bridgehead atoms. The third-order valence-corrected chi connectivity index (χ3v) is 4.35. The van der Waals surface area contributed by atoms with E-state index in [-0.39, 0.29) is 0 Å². The molecular weight excluding hydrogens is 242 g/mol. The lowest BCUT2D eigenvalue weighted by Gasteiger charge is -2.28. The first-order chi connectivity index (χ1) is 8.74. The van der Waals surface area contributed by atoms with Gasteiger partial charge in [-0.15, -0.1) is 0 Å². The van der Waals surface area contributed by atoms with Crippen molar-refractivity contribution in [3.8, 4) is 5.75 Å². The van der Waals surface area contributed by atoms with Crippen molar-refractivity contribution in [1.29, 1.82) is 0 Å². The van der Waals surface area contributed by atoms with E-state index in [1.165, 1.54) is 55.2 Å². The van der Waals surface area contributed by atoms with Crippen molar-refractivity contribution in [3.63, 3.8) is 0 Å². The first-order valence-corrected chi connectivity index (χ1v) is 7.24. The van der Waals surface area contributed by atoms with Gasteiger partial charge in [0.05, 0.1) is 0 Å². The standard InChI is InChI=1S/C15H19NOS/c1-16-15(18)10-13-8-11-6-4-2-3-5-7-12(11)9-14(13)17-16/h8-9H,2-7,10H2,1H3.